The van der Waals surface area contributed by atoms with Gasteiger partial charge in [0.05, 0.1) is 17.6 Å². The fourth-order valence-corrected chi connectivity index (χ4v) is 5.33. The summed E-state index contributed by atoms with van der Waals surface area (Å²) in [4.78, 5) is 24.0. The Morgan fingerprint density at radius 1 is 1.05 bits per heavy atom. The van der Waals surface area contributed by atoms with E-state index in [0.717, 1.165) is 78.3 Å². The van der Waals surface area contributed by atoms with Gasteiger partial charge in [0.25, 0.3) is 0 Å². The van der Waals surface area contributed by atoms with E-state index in [1.54, 1.807) is 13.3 Å². The van der Waals surface area contributed by atoms with E-state index in [2.05, 4.69) is 44.8 Å². The predicted molar refractivity (Wildman–Crippen MR) is 149 cm³/mol. The van der Waals surface area contributed by atoms with E-state index in [1.165, 1.54) is 0 Å². The second-order valence-electron chi connectivity index (χ2n) is 9.53. The molecule has 6 rings (SSSR count). The Morgan fingerprint density at radius 3 is 2.51 bits per heavy atom. The number of fused-ring (bicyclic) bond motifs is 1. The van der Waals surface area contributed by atoms with Gasteiger partial charge in [0.1, 0.15) is 11.6 Å². The number of hydrogen-bond acceptors (Lipinski definition) is 4. The zero-order chi connectivity index (χ0) is 25.9. The van der Waals surface area contributed by atoms with Crippen molar-refractivity contribution in [2.45, 2.75) is 39.7 Å². The number of methoxy groups -OCH3 is 1. The van der Waals surface area contributed by atoms with Crippen LogP contribution < -0.4 is 4.74 Å². The van der Waals surface area contributed by atoms with Gasteiger partial charge in [-0.1, -0.05) is 49.7 Å². The van der Waals surface area contributed by atoms with Crippen molar-refractivity contribution in [3.63, 3.8) is 0 Å². The molecule has 0 spiro atoms. The molecule has 2 aromatic heterocycles. The van der Waals surface area contributed by atoms with Crippen LogP contribution in [0.5, 0.6) is 5.75 Å². The highest BCUT2D eigenvalue weighted by atomic mass is 35.5. The molecule has 0 radical (unpaired) electrons. The number of hydrogen-bond donors (Lipinski definition) is 0. The molecule has 3 heterocycles. The van der Waals surface area contributed by atoms with Crippen molar-refractivity contribution >= 4 is 28.7 Å². The molecule has 1 amide bonds. The number of carbonyl (C=O) groups is 1. The van der Waals surface area contributed by atoms with Gasteiger partial charge in [-0.25, -0.2) is 9.97 Å². The number of rotatable bonds is 6. The molecule has 1 aliphatic carbocycles. The molecular formula is C30H33ClN4O2. The highest BCUT2D eigenvalue weighted by Crippen LogP contribution is 2.35. The lowest BCUT2D eigenvalue weighted by Gasteiger charge is -2.18. The number of likely N-dealkylation sites (tertiary alicyclic amines) is 1. The van der Waals surface area contributed by atoms with E-state index >= 15 is 0 Å². The minimum absolute atomic E-state index is 0.278. The molecule has 1 saturated carbocycles. The van der Waals surface area contributed by atoms with Crippen LogP contribution >= 0.6 is 11.6 Å². The summed E-state index contributed by atoms with van der Waals surface area (Å²) < 4.78 is 7.54. The Kier molecular flexibility index (Phi) is 7.47. The second kappa shape index (κ2) is 10.9. The fourth-order valence-electron chi connectivity index (χ4n) is 5.05. The third kappa shape index (κ3) is 5.21. The zero-order valence-electron chi connectivity index (χ0n) is 21.7. The SMILES string of the molecule is CC.COc1ccc(-c2ccc(-c3nc4ncccc4n3CC3CCN(C(=O)C4CC4)C3)cc2)c(Cl)c1. The lowest BCUT2D eigenvalue weighted by molar-refractivity contribution is -0.131. The minimum atomic E-state index is 0.278. The topological polar surface area (TPSA) is 60.3 Å². The maximum Gasteiger partial charge on any atom is 0.225 e. The molecule has 6 nitrogen and oxygen atoms in total. The standard InChI is InChI=1S/C28H27ClN4O2.C2H6/c1-35-22-10-11-23(24(29)15-22)19-4-6-20(7-5-19)27-31-26-25(3-2-13-30-26)33(27)17-18-12-14-32(16-18)28(34)21-8-9-21;1-2/h2-7,10-11,13,15,18,21H,8-9,12,14,16-17H2,1H3;1-2H3. The van der Waals surface area contributed by atoms with Crippen molar-refractivity contribution in [1.29, 1.82) is 0 Å². The number of nitrogens with zero attached hydrogens (tertiary/aromatic N) is 4. The van der Waals surface area contributed by atoms with Crippen molar-refractivity contribution in [2.75, 3.05) is 20.2 Å². The van der Waals surface area contributed by atoms with Crippen molar-refractivity contribution in [2.24, 2.45) is 11.8 Å². The average molecular weight is 517 g/mol. The molecule has 2 aromatic carbocycles. The summed E-state index contributed by atoms with van der Waals surface area (Å²) in [7, 11) is 1.63. The van der Waals surface area contributed by atoms with Crippen LogP contribution in [0.15, 0.2) is 60.8 Å². The van der Waals surface area contributed by atoms with Gasteiger partial charge >= 0.3 is 0 Å². The number of aromatic nitrogens is 3. The Labute approximate surface area is 223 Å². The van der Waals surface area contributed by atoms with E-state index < -0.39 is 0 Å². The largest absolute Gasteiger partial charge is 0.497 e. The van der Waals surface area contributed by atoms with E-state index in [4.69, 9.17) is 21.3 Å². The van der Waals surface area contributed by atoms with Crippen LogP contribution in [-0.2, 0) is 11.3 Å². The Bertz CT molecular complexity index is 1390. The Hall–Kier alpha value is -3.38. The lowest BCUT2D eigenvalue weighted by atomic mass is 10.0. The number of ether oxygens (including phenoxy) is 1. The Morgan fingerprint density at radius 2 is 1.81 bits per heavy atom. The van der Waals surface area contributed by atoms with Crippen molar-refractivity contribution in [3.05, 3.63) is 65.8 Å². The molecule has 2 aliphatic rings. The maximum absolute atomic E-state index is 12.5. The summed E-state index contributed by atoms with van der Waals surface area (Å²) in [6.07, 6.45) is 4.91. The second-order valence-corrected chi connectivity index (χ2v) is 9.94. The lowest BCUT2D eigenvalue weighted by Crippen LogP contribution is -2.30. The third-order valence-corrected chi connectivity index (χ3v) is 7.43. The molecule has 37 heavy (non-hydrogen) atoms. The molecule has 0 bridgehead atoms. The summed E-state index contributed by atoms with van der Waals surface area (Å²) in [5, 5.41) is 0.653. The van der Waals surface area contributed by atoms with E-state index in [9.17, 15) is 4.79 Å². The minimum Gasteiger partial charge on any atom is -0.497 e. The van der Waals surface area contributed by atoms with Crippen LogP contribution in [0.25, 0.3) is 33.7 Å². The molecule has 1 unspecified atom stereocenters. The highest BCUT2D eigenvalue weighted by molar-refractivity contribution is 6.33. The number of imidazole rings is 1. The maximum atomic E-state index is 12.5. The van der Waals surface area contributed by atoms with Gasteiger partial charge < -0.3 is 14.2 Å². The van der Waals surface area contributed by atoms with Crippen LogP contribution in [0.4, 0.5) is 0 Å². The number of carbonyl (C=O) groups excluding carboxylic acids is 1. The summed E-state index contributed by atoms with van der Waals surface area (Å²) in [5.74, 6) is 2.67. The fraction of sp³-hybridized carbons (Fsp3) is 0.367. The summed E-state index contributed by atoms with van der Waals surface area (Å²) in [6.45, 7) is 6.50. The predicted octanol–water partition coefficient (Wildman–Crippen LogP) is 6.71. The normalized spacial score (nSPS) is 17.0. The molecular weight excluding hydrogens is 484 g/mol. The molecule has 1 atom stereocenters. The van der Waals surface area contributed by atoms with Crippen LogP contribution in [0.2, 0.25) is 5.02 Å². The molecule has 0 N–H and O–H groups in total. The van der Waals surface area contributed by atoms with E-state index in [-0.39, 0.29) is 5.92 Å². The number of amides is 1. The van der Waals surface area contributed by atoms with Gasteiger partial charge in [-0.3, -0.25) is 4.79 Å². The van der Waals surface area contributed by atoms with Gasteiger partial charge in [0.2, 0.25) is 5.91 Å². The first-order valence-corrected chi connectivity index (χ1v) is 13.5. The average Bonchev–Trinajstić information content (AvgIpc) is 3.59. The first kappa shape index (κ1) is 25.3. The number of halogens is 1. The Balaban J connectivity index is 0.00000137. The molecule has 192 valence electrons. The van der Waals surface area contributed by atoms with Gasteiger partial charge in [0.15, 0.2) is 5.65 Å². The van der Waals surface area contributed by atoms with Crippen LogP contribution in [0.1, 0.15) is 33.1 Å². The monoisotopic (exact) mass is 516 g/mol. The number of pyridine rings is 1. The number of benzene rings is 2. The van der Waals surface area contributed by atoms with Crippen molar-refractivity contribution < 1.29 is 9.53 Å². The van der Waals surface area contributed by atoms with Gasteiger partial charge in [-0.15, -0.1) is 0 Å². The third-order valence-electron chi connectivity index (χ3n) is 7.12. The van der Waals surface area contributed by atoms with Gasteiger partial charge in [-0.2, -0.15) is 0 Å². The van der Waals surface area contributed by atoms with Crippen LogP contribution in [0.3, 0.4) is 0 Å². The molecule has 4 aromatic rings. The summed E-state index contributed by atoms with van der Waals surface area (Å²) in [5.41, 5.74) is 4.79. The van der Waals surface area contributed by atoms with E-state index in [0.29, 0.717) is 16.8 Å². The first-order chi connectivity index (χ1) is 18.1. The van der Waals surface area contributed by atoms with Crippen LogP contribution in [0, 0.1) is 11.8 Å². The first-order valence-electron chi connectivity index (χ1n) is 13.1. The smallest absolute Gasteiger partial charge is 0.225 e. The van der Waals surface area contributed by atoms with Gasteiger partial charge in [0, 0.05) is 42.9 Å². The van der Waals surface area contributed by atoms with Gasteiger partial charge in [-0.05, 0) is 61.1 Å². The van der Waals surface area contributed by atoms with Crippen molar-refractivity contribution in [1.82, 2.24) is 19.4 Å². The molecule has 7 heteroatoms. The van der Waals surface area contributed by atoms with Crippen molar-refractivity contribution in [3.8, 4) is 28.3 Å². The zero-order valence-corrected chi connectivity index (χ0v) is 22.4. The quantitative estimate of drug-likeness (QED) is 0.285. The highest BCUT2D eigenvalue weighted by Gasteiger charge is 2.36. The molecule has 1 aliphatic heterocycles. The summed E-state index contributed by atoms with van der Waals surface area (Å²) >= 11 is 6.50. The van der Waals surface area contributed by atoms with Crippen LogP contribution in [-0.4, -0.2) is 45.5 Å². The van der Waals surface area contributed by atoms with E-state index in [1.807, 2.05) is 38.1 Å². The molecule has 2 fully saturated rings. The summed E-state index contributed by atoms with van der Waals surface area (Å²) in [6, 6.07) is 18.1. The molecule has 1 saturated heterocycles.